The lowest BCUT2D eigenvalue weighted by Crippen LogP contribution is -2.31. The number of thiophene rings is 1. The number of benzene rings is 1. The Kier molecular flexibility index (Phi) is 7.02. The van der Waals surface area contributed by atoms with E-state index in [2.05, 4.69) is 21.5 Å². The third-order valence-electron chi connectivity index (χ3n) is 5.54. The number of nitrogens with zero attached hydrogens (tertiary/aromatic N) is 3. The van der Waals surface area contributed by atoms with Crippen LogP contribution in [-0.2, 0) is 16.4 Å². The van der Waals surface area contributed by atoms with Crippen molar-refractivity contribution < 1.29 is 17.7 Å². The first-order chi connectivity index (χ1) is 15.4. The molecule has 0 aliphatic carbocycles. The third kappa shape index (κ3) is 5.08. The molecule has 10 heteroatoms. The number of aryl methyl sites for hydroxylation is 1. The van der Waals surface area contributed by atoms with Crippen LogP contribution in [0.5, 0.6) is 0 Å². The van der Waals surface area contributed by atoms with Gasteiger partial charge in [0, 0.05) is 30.1 Å². The number of amides is 1. The molecule has 1 aliphatic rings. The van der Waals surface area contributed by atoms with Crippen molar-refractivity contribution in [2.75, 3.05) is 19.6 Å². The number of sulfonamides is 1. The molecule has 32 heavy (non-hydrogen) atoms. The van der Waals surface area contributed by atoms with E-state index >= 15 is 0 Å². The number of carbonyl (C=O) groups excluding carboxylic acids is 1. The molecule has 1 N–H and O–H groups in total. The Bertz CT molecular complexity index is 1160. The summed E-state index contributed by atoms with van der Waals surface area (Å²) < 4.78 is 32.5. The number of carbonyl (C=O) groups is 1. The van der Waals surface area contributed by atoms with Crippen LogP contribution in [0.25, 0.3) is 11.4 Å². The topological polar surface area (TPSA) is 105 Å². The molecule has 2 aromatic heterocycles. The van der Waals surface area contributed by atoms with Gasteiger partial charge in [0.15, 0.2) is 0 Å². The lowest BCUT2D eigenvalue weighted by atomic mass is 10.2. The van der Waals surface area contributed by atoms with E-state index in [1.165, 1.54) is 10.4 Å². The Morgan fingerprint density at radius 2 is 1.84 bits per heavy atom. The molecule has 1 saturated heterocycles. The van der Waals surface area contributed by atoms with E-state index in [0.29, 0.717) is 25.2 Å². The van der Waals surface area contributed by atoms with Crippen LogP contribution < -0.4 is 5.32 Å². The van der Waals surface area contributed by atoms with Crippen molar-refractivity contribution in [3.05, 3.63) is 52.0 Å². The second-order valence-electron chi connectivity index (χ2n) is 7.80. The number of nitrogens with one attached hydrogen (secondary N) is 1. The monoisotopic (exact) mass is 474 g/mol. The van der Waals surface area contributed by atoms with E-state index in [-0.39, 0.29) is 16.6 Å². The maximum absolute atomic E-state index is 12.9. The smallest absolute Gasteiger partial charge is 0.316 e. The summed E-state index contributed by atoms with van der Waals surface area (Å²) in [6, 6.07) is 8.42. The van der Waals surface area contributed by atoms with Crippen molar-refractivity contribution >= 4 is 27.3 Å². The fraction of sp³-hybridized carbons (Fsp3) is 0.409. The van der Waals surface area contributed by atoms with E-state index in [9.17, 15) is 13.2 Å². The van der Waals surface area contributed by atoms with E-state index in [1.807, 2.05) is 12.3 Å². The first-order valence-corrected chi connectivity index (χ1v) is 13.0. The van der Waals surface area contributed by atoms with Crippen LogP contribution in [0.4, 0.5) is 0 Å². The molecule has 0 radical (unpaired) electrons. The normalized spacial score (nSPS) is 15.4. The minimum absolute atomic E-state index is 0.121. The fourth-order valence-electron chi connectivity index (χ4n) is 3.67. The van der Waals surface area contributed by atoms with Crippen molar-refractivity contribution in [2.24, 2.45) is 0 Å². The van der Waals surface area contributed by atoms with Crippen molar-refractivity contribution in [3.63, 3.8) is 0 Å². The number of rotatable bonds is 7. The van der Waals surface area contributed by atoms with Crippen molar-refractivity contribution in [3.8, 4) is 11.4 Å². The summed E-state index contributed by atoms with van der Waals surface area (Å²) in [5.74, 6) is -0.314. The van der Waals surface area contributed by atoms with Crippen LogP contribution in [-0.4, -0.2) is 48.4 Å². The molecule has 3 aromatic rings. The standard InChI is InChI=1S/C22H26N4O4S2/c1-16-11-15-31-19(16)10-12-23-21(27)22-24-20(25-30-22)17-6-8-18(9-7-17)32(28,29)26-13-4-2-3-5-14-26/h6-9,11,15H,2-5,10,12-14H2,1H3,(H,23,27). The highest BCUT2D eigenvalue weighted by atomic mass is 32.2. The number of hydrogen-bond acceptors (Lipinski definition) is 7. The molecule has 0 unspecified atom stereocenters. The first-order valence-electron chi connectivity index (χ1n) is 10.7. The summed E-state index contributed by atoms with van der Waals surface area (Å²) in [5.41, 5.74) is 1.79. The van der Waals surface area contributed by atoms with Gasteiger partial charge in [-0.05, 0) is 67.5 Å². The third-order valence-corrected chi connectivity index (χ3v) is 8.54. The van der Waals surface area contributed by atoms with E-state index in [1.54, 1.807) is 39.9 Å². The minimum atomic E-state index is -3.52. The summed E-state index contributed by atoms with van der Waals surface area (Å²) >= 11 is 1.66. The second-order valence-corrected chi connectivity index (χ2v) is 10.7. The van der Waals surface area contributed by atoms with Gasteiger partial charge in [-0.1, -0.05) is 18.0 Å². The largest absolute Gasteiger partial charge is 0.347 e. The molecule has 8 nitrogen and oxygen atoms in total. The Balaban J connectivity index is 1.39. The van der Waals surface area contributed by atoms with Gasteiger partial charge in [0.1, 0.15) is 0 Å². The lowest BCUT2D eigenvalue weighted by Gasteiger charge is -2.19. The highest BCUT2D eigenvalue weighted by Crippen LogP contribution is 2.23. The molecule has 0 saturated carbocycles. The Labute approximate surface area is 191 Å². The molecule has 1 fully saturated rings. The Morgan fingerprint density at radius 1 is 1.12 bits per heavy atom. The SMILES string of the molecule is Cc1ccsc1CCNC(=O)c1nc(-c2ccc(S(=O)(=O)N3CCCCCC3)cc2)no1. The van der Waals surface area contributed by atoms with Crippen LogP contribution in [0.1, 0.15) is 46.8 Å². The molecule has 170 valence electrons. The molecule has 0 spiro atoms. The van der Waals surface area contributed by atoms with Crippen molar-refractivity contribution in [1.29, 1.82) is 0 Å². The van der Waals surface area contributed by atoms with Gasteiger partial charge in [0.2, 0.25) is 15.8 Å². The number of aromatic nitrogens is 2. The maximum Gasteiger partial charge on any atom is 0.316 e. The highest BCUT2D eigenvalue weighted by molar-refractivity contribution is 7.89. The molecule has 1 amide bonds. The van der Waals surface area contributed by atoms with Crippen LogP contribution >= 0.6 is 11.3 Å². The van der Waals surface area contributed by atoms with Crippen LogP contribution in [0.3, 0.4) is 0 Å². The minimum Gasteiger partial charge on any atom is -0.347 e. The number of hydrogen-bond donors (Lipinski definition) is 1. The summed E-state index contributed by atoms with van der Waals surface area (Å²) in [4.78, 5) is 17.9. The van der Waals surface area contributed by atoms with Gasteiger partial charge < -0.3 is 9.84 Å². The zero-order chi connectivity index (χ0) is 22.6. The zero-order valence-electron chi connectivity index (χ0n) is 17.9. The summed E-state index contributed by atoms with van der Waals surface area (Å²) in [7, 11) is -3.52. The quantitative estimate of drug-likeness (QED) is 0.560. The van der Waals surface area contributed by atoms with Crippen LogP contribution in [0, 0.1) is 6.92 Å². The highest BCUT2D eigenvalue weighted by Gasteiger charge is 2.25. The van der Waals surface area contributed by atoms with Crippen LogP contribution in [0.2, 0.25) is 0 Å². The summed E-state index contributed by atoms with van der Waals surface area (Å²) in [6.07, 6.45) is 4.64. The molecule has 4 rings (SSSR count). The molecule has 1 aliphatic heterocycles. The van der Waals surface area contributed by atoms with Crippen LogP contribution in [0.15, 0.2) is 45.1 Å². The molecule has 0 atom stereocenters. The predicted molar refractivity (Wildman–Crippen MR) is 122 cm³/mol. The Hall–Kier alpha value is -2.56. The van der Waals surface area contributed by atoms with Gasteiger partial charge in [0.25, 0.3) is 0 Å². The molecule has 1 aromatic carbocycles. The maximum atomic E-state index is 12.9. The van der Waals surface area contributed by atoms with Gasteiger partial charge in [0.05, 0.1) is 4.90 Å². The van der Waals surface area contributed by atoms with Crippen molar-refractivity contribution in [1.82, 2.24) is 19.8 Å². The lowest BCUT2D eigenvalue weighted by molar-refractivity contribution is 0.0910. The summed E-state index contributed by atoms with van der Waals surface area (Å²) in [5, 5.41) is 8.68. The van der Waals surface area contributed by atoms with Gasteiger partial charge in [-0.2, -0.15) is 9.29 Å². The van der Waals surface area contributed by atoms with Gasteiger partial charge in [-0.3, -0.25) is 4.79 Å². The molecular weight excluding hydrogens is 448 g/mol. The van der Waals surface area contributed by atoms with Crippen molar-refractivity contribution in [2.45, 2.75) is 43.9 Å². The predicted octanol–water partition coefficient (Wildman–Crippen LogP) is 3.64. The Morgan fingerprint density at radius 3 is 2.50 bits per heavy atom. The van der Waals surface area contributed by atoms with Gasteiger partial charge in [-0.25, -0.2) is 8.42 Å². The van der Waals surface area contributed by atoms with E-state index in [4.69, 9.17) is 4.52 Å². The molecular formula is C22H26N4O4S2. The fourth-order valence-corrected chi connectivity index (χ4v) is 6.09. The van der Waals surface area contributed by atoms with E-state index < -0.39 is 15.9 Å². The average molecular weight is 475 g/mol. The zero-order valence-corrected chi connectivity index (χ0v) is 19.5. The van der Waals surface area contributed by atoms with Gasteiger partial charge >= 0.3 is 11.8 Å². The average Bonchev–Trinajstić information content (AvgIpc) is 3.35. The summed E-state index contributed by atoms with van der Waals surface area (Å²) in [6.45, 7) is 3.63. The molecule has 3 heterocycles. The first kappa shape index (κ1) is 22.6. The second kappa shape index (κ2) is 9.93. The van der Waals surface area contributed by atoms with E-state index in [0.717, 1.165) is 32.1 Å². The van der Waals surface area contributed by atoms with Gasteiger partial charge in [-0.15, -0.1) is 11.3 Å². The molecule has 0 bridgehead atoms.